The summed E-state index contributed by atoms with van der Waals surface area (Å²) in [4.78, 5) is 0. The van der Waals surface area contributed by atoms with E-state index in [0.717, 1.165) is 6.61 Å². The Labute approximate surface area is 137 Å². The average Bonchev–Trinajstić information content (AvgIpc) is 2.56. The summed E-state index contributed by atoms with van der Waals surface area (Å²) in [7, 11) is 0. The second-order valence-electron chi connectivity index (χ2n) is 6.92. The highest BCUT2D eigenvalue weighted by Gasteiger charge is 2.22. The Morgan fingerprint density at radius 2 is 1.68 bits per heavy atom. The highest BCUT2D eigenvalue weighted by atomic mass is 16.5. The number of hydrogen-bond acceptors (Lipinski definition) is 1. The summed E-state index contributed by atoms with van der Waals surface area (Å²) in [5.41, 5.74) is 2.98. The van der Waals surface area contributed by atoms with Gasteiger partial charge in [-0.25, -0.2) is 0 Å². The molecule has 1 saturated heterocycles. The lowest BCUT2D eigenvalue weighted by atomic mass is 9.89. The van der Waals surface area contributed by atoms with Crippen LogP contribution in [-0.4, -0.2) is 12.7 Å². The third-order valence-corrected chi connectivity index (χ3v) is 5.00. The van der Waals surface area contributed by atoms with Gasteiger partial charge in [0.15, 0.2) is 0 Å². The summed E-state index contributed by atoms with van der Waals surface area (Å²) in [6, 6.07) is 9.37. The normalized spacial score (nSPS) is 21.9. The van der Waals surface area contributed by atoms with Gasteiger partial charge in [0.1, 0.15) is 0 Å². The second kappa shape index (κ2) is 10.0. The molecule has 2 unspecified atom stereocenters. The van der Waals surface area contributed by atoms with E-state index < -0.39 is 0 Å². The Morgan fingerprint density at radius 3 is 2.32 bits per heavy atom. The molecule has 0 saturated carbocycles. The molecule has 0 aromatic heterocycles. The van der Waals surface area contributed by atoms with Gasteiger partial charge in [0.05, 0.1) is 12.7 Å². The molecule has 2 atom stereocenters. The predicted octanol–water partition coefficient (Wildman–Crippen LogP) is 6.26. The molecular formula is C21H34O. The Balaban J connectivity index is 1.72. The van der Waals surface area contributed by atoms with Crippen molar-refractivity contribution in [2.75, 3.05) is 6.61 Å². The first-order valence-corrected chi connectivity index (χ1v) is 9.54. The van der Waals surface area contributed by atoms with Gasteiger partial charge in [-0.1, -0.05) is 70.2 Å². The van der Waals surface area contributed by atoms with E-state index in [1.165, 1.54) is 75.3 Å². The summed E-state index contributed by atoms with van der Waals surface area (Å²) < 4.78 is 6.02. The van der Waals surface area contributed by atoms with Crippen molar-refractivity contribution in [3.63, 3.8) is 0 Å². The molecular weight excluding hydrogens is 268 g/mol. The zero-order valence-corrected chi connectivity index (χ0v) is 14.7. The minimum Gasteiger partial charge on any atom is -0.378 e. The fraction of sp³-hybridized carbons (Fsp3) is 0.714. The van der Waals surface area contributed by atoms with E-state index in [1.807, 2.05) is 0 Å². The standard InChI is InChI=1S/C21H34O/c1-3-5-6-7-8-10-18-11-13-19(14-12-18)20-15-16-21(9-4-2)22-17-20/h11-14,20-21H,3-10,15-17H2,1-2H3. The van der Waals surface area contributed by atoms with Gasteiger partial charge >= 0.3 is 0 Å². The summed E-state index contributed by atoms with van der Waals surface area (Å²) in [5, 5.41) is 0. The van der Waals surface area contributed by atoms with Crippen molar-refractivity contribution in [1.82, 2.24) is 0 Å². The Kier molecular flexibility index (Phi) is 8.01. The molecule has 2 rings (SSSR count). The Hall–Kier alpha value is -0.820. The molecule has 1 heterocycles. The van der Waals surface area contributed by atoms with Crippen molar-refractivity contribution in [3.8, 4) is 0 Å². The van der Waals surface area contributed by atoms with Crippen LogP contribution >= 0.6 is 0 Å². The van der Waals surface area contributed by atoms with Crippen molar-refractivity contribution in [2.24, 2.45) is 0 Å². The fourth-order valence-corrected chi connectivity index (χ4v) is 3.51. The van der Waals surface area contributed by atoms with Crippen LogP contribution in [0.3, 0.4) is 0 Å². The molecule has 22 heavy (non-hydrogen) atoms. The third kappa shape index (κ3) is 5.76. The van der Waals surface area contributed by atoms with Crippen molar-refractivity contribution in [3.05, 3.63) is 35.4 Å². The van der Waals surface area contributed by atoms with E-state index in [4.69, 9.17) is 4.74 Å². The topological polar surface area (TPSA) is 9.23 Å². The van der Waals surface area contributed by atoms with Crippen LogP contribution < -0.4 is 0 Å². The van der Waals surface area contributed by atoms with Gasteiger partial charge in [0.2, 0.25) is 0 Å². The van der Waals surface area contributed by atoms with Crippen molar-refractivity contribution in [2.45, 2.75) is 90.1 Å². The Morgan fingerprint density at radius 1 is 0.909 bits per heavy atom. The maximum atomic E-state index is 6.02. The van der Waals surface area contributed by atoms with E-state index in [2.05, 4.69) is 38.1 Å². The van der Waals surface area contributed by atoms with Crippen LogP contribution in [0, 0.1) is 0 Å². The lowest BCUT2D eigenvalue weighted by Gasteiger charge is -2.29. The van der Waals surface area contributed by atoms with Crippen LogP contribution in [0.4, 0.5) is 0 Å². The molecule has 0 amide bonds. The summed E-state index contributed by atoms with van der Waals surface area (Å²) in [6.07, 6.45) is 13.6. The molecule has 1 aliphatic rings. The van der Waals surface area contributed by atoms with Crippen molar-refractivity contribution >= 4 is 0 Å². The molecule has 0 N–H and O–H groups in total. The van der Waals surface area contributed by atoms with Gasteiger partial charge in [0, 0.05) is 5.92 Å². The SMILES string of the molecule is CCCCCCCc1ccc(C2CCC(CCC)OC2)cc1. The first-order valence-electron chi connectivity index (χ1n) is 9.54. The van der Waals surface area contributed by atoms with Gasteiger partial charge < -0.3 is 4.74 Å². The maximum absolute atomic E-state index is 6.02. The van der Waals surface area contributed by atoms with Crippen molar-refractivity contribution < 1.29 is 4.74 Å². The molecule has 1 aromatic carbocycles. The van der Waals surface area contributed by atoms with E-state index in [1.54, 1.807) is 0 Å². The maximum Gasteiger partial charge on any atom is 0.0575 e. The van der Waals surface area contributed by atoms with E-state index in [9.17, 15) is 0 Å². The van der Waals surface area contributed by atoms with Crippen LogP contribution in [0.15, 0.2) is 24.3 Å². The van der Waals surface area contributed by atoms with Crippen LogP contribution in [0.5, 0.6) is 0 Å². The van der Waals surface area contributed by atoms with Gasteiger partial charge in [-0.15, -0.1) is 0 Å². The summed E-state index contributed by atoms with van der Waals surface area (Å²) in [6.45, 7) is 5.44. The van der Waals surface area contributed by atoms with Crippen LogP contribution in [-0.2, 0) is 11.2 Å². The molecule has 1 nitrogen and oxygen atoms in total. The quantitative estimate of drug-likeness (QED) is 0.489. The molecule has 124 valence electrons. The lowest BCUT2D eigenvalue weighted by molar-refractivity contribution is -0.00111. The molecule has 1 aromatic rings. The first-order chi connectivity index (χ1) is 10.8. The predicted molar refractivity (Wildman–Crippen MR) is 95.5 cm³/mol. The molecule has 0 aliphatic carbocycles. The molecule has 1 heteroatoms. The zero-order chi connectivity index (χ0) is 15.6. The highest BCUT2D eigenvalue weighted by molar-refractivity contribution is 5.26. The summed E-state index contributed by atoms with van der Waals surface area (Å²) >= 11 is 0. The van der Waals surface area contributed by atoms with Gasteiger partial charge in [-0.05, 0) is 43.2 Å². The zero-order valence-electron chi connectivity index (χ0n) is 14.7. The van der Waals surface area contributed by atoms with E-state index in [-0.39, 0.29) is 0 Å². The summed E-state index contributed by atoms with van der Waals surface area (Å²) in [5.74, 6) is 0.617. The number of hydrogen-bond donors (Lipinski definition) is 0. The van der Waals surface area contributed by atoms with Crippen LogP contribution in [0.1, 0.15) is 88.7 Å². The second-order valence-corrected chi connectivity index (χ2v) is 6.92. The minimum absolute atomic E-state index is 0.517. The van der Waals surface area contributed by atoms with E-state index >= 15 is 0 Å². The third-order valence-electron chi connectivity index (χ3n) is 5.00. The van der Waals surface area contributed by atoms with Gasteiger partial charge in [0.25, 0.3) is 0 Å². The fourth-order valence-electron chi connectivity index (χ4n) is 3.51. The smallest absolute Gasteiger partial charge is 0.0575 e. The molecule has 0 bridgehead atoms. The van der Waals surface area contributed by atoms with Crippen LogP contribution in [0.2, 0.25) is 0 Å². The molecule has 0 spiro atoms. The monoisotopic (exact) mass is 302 g/mol. The molecule has 1 aliphatic heterocycles. The Bertz CT molecular complexity index is 387. The number of rotatable bonds is 9. The van der Waals surface area contributed by atoms with Gasteiger partial charge in [-0.3, -0.25) is 0 Å². The molecule has 0 radical (unpaired) electrons. The highest BCUT2D eigenvalue weighted by Crippen LogP contribution is 2.30. The van der Waals surface area contributed by atoms with Crippen molar-refractivity contribution in [1.29, 1.82) is 0 Å². The van der Waals surface area contributed by atoms with Gasteiger partial charge in [-0.2, -0.15) is 0 Å². The number of benzene rings is 1. The van der Waals surface area contributed by atoms with E-state index in [0.29, 0.717) is 12.0 Å². The lowest BCUT2D eigenvalue weighted by Crippen LogP contribution is -2.24. The number of aryl methyl sites for hydroxylation is 1. The largest absolute Gasteiger partial charge is 0.378 e. The van der Waals surface area contributed by atoms with Crippen LogP contribution in [0.25, 0.3) is 0 Å². The first kappa shape index (κ1) is 17.5. The number of unbranched alkanes of at least 4 members (excludes halogenated alkanes) is 4. The number of ether oxygens (including phenoxy) is 1. The molecule has 1 fully saturated rings. The average molecular weight is 303 g/mol. The minimum atomic E-state index is 0.517.